The largest absolute Gasteiger partial charge is 0.484 e. The number of aromatic nitrogens is 3. The number of amides is 1. The number of carbonyl (C=O) groups is 1. The van der Waals surface area contributed by atoms with Gasteiger partial charge in [0.2, 0.25) is 5.91 Å². The Morgan fingerprint density at radius 1 is 1.21 bits per heavy atom. The lowest BCUT2D eigenvalue weighted by molar-refractivity contribution is -0.119. The van der Waals surface area contributed by atoms with Gasteiger partial charge in [-0.2, -0.15) is 0 Å². The molecule has 2 aliphatic carbocycles. The molecule has 1 aromatic heterocycles. The summed E-state index contributed by atoms with van der Waals surface area (Å²) >= 11 is 7.62. The van der Waals surface area contributed by atoms with Crippen molar-refractivity contribution in [1.82, 2.24) is 20.1 Å². The van der Waals surface area contributed by atoms with Crippen LogP contribution in [0.3, 0.4) is 0 Å². The minimum Gasteiger partial charge on any atom is -0.484 e. The third kappa shape index (κ3) is 5.45. The molecule has 1 aromatic carbocycles. The number of carbonyl (C=O) groups excluding carboxylic acids is 1. The van der Waals surface area contributed by atoms with Gasteiger partial charge in [-0.1, -0.05) is 42.4 Å². The maximum Gasteiger partial charge on any atom is 0.230 e. The van der Waals surface area contributed by atoms with Gasteiger partial charge >= 0.3 is 0 Å². The van der Waals surface area contributed by atoms with E-state index in [4.69, 9.17) is 16.3 Å². The molecule has 1 N–H and O–H groups in total. The van der Waals surface area contributed by atoms with Crippen molar-refractivity contribution in [3.05, 3.63) is 35.1 Å². The Morgan fingerprint density at radius 2 is 1.97 bits per heavy atom. The fraction of sp³-hybridized carbons (Fsp3) is 0.571. The van der Waals surface area contributed by atoms with E-state index in [1.807, 2.05) is 18.2 Å². The summed E-state index contributed by atoms with van der Waals surface area (Å²) in [7, 11) is 0. The Kier molecular flexibility index (Phi) is 6.65. The van der Waals surface area contributed by atoms with Crippen LogP contribution in [0.25, 0.3) is 0 Å². The molecule has 0 atom stereocenters. The van der Waals surface area contributed by atoms with Crippen LogP contribution in [0.1, 0.15) is 57.3 Å². The van der Waals surface area contributed by atoms with Crippen molar-refractivity contribution in [2.24, 2.45) is 5.92 Å². The van der Waals surface area contributed by atoms with Gasteiger partial charge in [-0.15, -0.1) is 10.2 Å². The average Bonchev–Trinajstić information content (AvgIpc) is 3.47. The number of halogens is 1. The van der Waals surface area contributed by atoms with Crippen LogP contribution in [0, 0.1) is 5.92 Å². The van der Waals surface area contributed by atoms with Crippen LogP contribution in [0.15, 0.2) is 29.4 Å². The molecular weight excluding hydrogens is 408 g/mol. The second kappa shape index (κ2) is 9.39. The lowest BCUT2D eigenvalue weighted by atomic mass is 9.87. The van der Waals surface area contributed by atoms with Gasteiger partial charge in [0, 0.05) is 12.1 Å². The van der Waals surface area contributed by atoms with Crippen molar-refractivity contribution < 1.29 is 9.53 Å². The Hall–Kier alpha value is -1.73. The van der Waals surface area contributed by atoms with E-state index in [2.05, 4.69) is 27.0 Å². The Morgan fingerprint density at radius 3 is 2.69 bits per heavy atom. The first-order chi connectivity index (χ1) is 14.1. The van der Waals surface area contributed by atoms with E-state index in [1.54, 1.807) is 6.07 Å². The Labute approximate surface area is 180 Å². The van der Waals surface area contributed by atoms with Gasteiger partial charge in [0.25, 0.3) is 0 Å². The summed E-state index contributed by atoms with van der Waals surface area (Å²) in [6, 6.07) is 8.12. The molecule has 0 radical (unpaired) electrons. The minimum absolute atomic E-state index is 0.0776. The van der Waals surface area contributed by atoms with Gasteiger partial charge in [0.05, 0.1) is 10.8 Å². The first-order valence-electron chi connectivity index (χ1n) is 10.3. The number of hydrogen-bond donors (Lipinski definition) is 1. The second-order valence-corrected chi connectivity index (χ2v) is 9.38. The van der Waals surface area contributed by atoms with E-state index in [0.717, 1.165) is 42.6 Å². The highest BCUT2D eigenvalue weighted by molar-refractivity contribution is 7.99. The third-order valence-electron chi connectivity index (χ3n) is 5.55. The van der Waals surface area contributed by atoms with Crippen LogP contribution in [0.5, 0.6) is 5.75 Å². The van der Waals surface area contributed by atoms with E-state index in [9.17, 15) is 4.79 Å². The fourth-order valence-electron chi connectivity index (χ4n) is 3.71. The summed E-state index contributed by atoms with van der Waals surface area (Å²) < 4.78 is 7.97. The predicted octanol–water partition coefficient (Wildman–Crippen LogP) is 4.63. The zero-order valence-corrected chi connectivity index (χ0v) is 18.2. The smallest absolute Gasteiger partial charge is 0.230 e. The molecule has 0 saturated heterocycles. The van der Waals surface area contributed by atoms with Gasteiger partial charge in [-0.25, -0.2) is 0 Å². The molecule has 2 fully saturated rings. The second-order valence-electron chi connectivity index (χ2n) is 8.03. The monoisotopic (exact) mass is 434 g/mol. The summed E-state index contributed by atoms with van der Waals surface area (Å²) in [4.78, 5) is 12.4. The number of nitrogens with one attached hydrogen (secondary N) is 1. The van der Waals surface area contributed by atoms with Crippen molar-refractivity contribution >= 4 is 29.3 Å². The normalized spacial score (nSPS) is 21.7. The molecule has 0 bridgehead atoms. The van der Waals surface area contributed by atoms with Crippen molar-refractivity contribution in [3.8, 4) is 5.75 Å². The maximum absolute atomic E-state index is 12.4. The number of hydrogen-bond acceptors (Lipinski definition) is 5. The highest BCUT2D eigenvalue weighted by Gasteiger charge is 2.30. The van der Waals surface area contributed by atoms with Crippen LogP contribution in [0.2, 0.25) is 5.02 Å². The third-order valence-corrected chi connectivity index (χ3v) is 6.81. The van der Waals surface area contributed by atoms with Gasteiger partial charge in [-0.05, 0) is 56.6 Å². The predicted molar refractivity (Wildman–Crippen MR) is 114 cm³/mol. The van der Waals surface area contributed by atoms with Gasteiger partial charge < -0.3 is 10.1 Å². The molecule has 2 saturated carbocycles. The molecule has 0 aliphatic heterocycles. The van der Waals surface area contributed by atoms with E-state index >= 15 is 0 Å². The highest BCUT2D eigenvalue weighted by Crippen LogP contribution is 2.39. The summed E-state index contributed by atoms with van der Waals surface area (Å²) in [5.74, 6) is 2.63. The van der Waals surface area contributed by atoms with Gasteiger partial charge in [0.15, 0.2) is 11.0 Å². The maximum atomic E-state index is 12.4. The van der Waals surface area contributed by atoms with Crippen LogP contribution in [-0.4, -0.2) is 32.5 Å². The zero-order chi connectivity index (χ0) is 20.2. The first-order valence-corrected chi connectivity index (χ1v) is 11.7. The molecule has 0 spiro atoms. The molecular formula is C21H27ClN4O2S. The minimum atomic E-state index is 0.0776. The number of benzene rings is 1. The lowest BCUT2D eigenvalue weighted by Crippen LogP contribution is -2.38. The molecule has 29 heavy (non-hydrogen) atoms. The number of rotatable bonds is 8. The van der Waals surface area contributed by atoms with Crippen LogP contribution in [0.4, 0.5) is 0 Å². The molecule has 8 heteroatoms. The Balaban J connectivity index is 1.33. The van der Waals surface area contributed by atoms with Crippen molar-refractivity contribution in [2.45, 2.75) is 69.3 Å². The van der Waals surface area contributed by atoms with Crippen LogP contribution < -0.4 is 10.1 Å². The molecule has 6 nitrogen and oxygen atoms in total. The van der Waals surface area contributed by atoms with E-state index in [0.29, 0.717) is 35.2 Å². The average molecular weight is 435 g/mol. The number of para-hydroxylation sites is 1. The van der Waals surface area contributed by atoms with Crippen LogP contribution in [-0.2, 0) is 11.4 Å². The van der Waals surface area contributed by atoms with Crippen molar-refractivity contribution in [1.29, 1.82) is 0 Å². The van der Waals surface area contributed by atoms with Gasteiger partial charge in [-0.3, -0.25) is 9.36 Å². The topological polar surface area (TPSA) is 69.0 Å². The van der Waals surface area contributed by atoms with E-state index in [1.165, 1.54) is 24.6 Å². The zero-order valence-electron chi connectivity index (χ0n) is 16.6. The first kappa shape index (κ1) is 20.5. The lowest BCUT2D eigenvalue weighted by Gasteiger charge is -2.26. The standard InChI is InChI=1S/C21H27ClN4O2S/c1-14-6-8-15(9-7-14)23-20(27)13-29-21-25-24-19(26(21)16-10-11-16)12-28-18-5-3-2-4-17(18)22/h2-5,14-16H,6-13H2,1H3,(H,23,27). The molecule has 1 amide bonds. The SMILES string of the molecule is CC1CCC(NC(=O)CSc2nnc(COc3ccccc3Cl)n2C2CC2)CC1. The van der Waals surface area contributed by atoms with Crippen molar-refractivity contribution in [2.75, 3.05) is 5.75 Å². The van der Waals surface area contributed by atoms with E-state index < -0.39 is 0 Å². The molecule has 0 unspecified atom stereocenters. The Bertz CT molecular complexity index is 847. The number of nitrogens with zero attached hydrogens (tertiary/aromatic N) is 3. The molecule has 2 aliphatic rings. The summed E-state index contributed by atoms with van der Waals surface area (Å²) in [6.07, 6.45) is 6.78. The summed E-state index contributed by atoms with van der Waals surface area (Å²) in [5, 5.41) is 13.2. The molecule has 4 rings (SSSR count). The van der Waals surface area contributed by atoms with E-state index in [-0.39, 0.29) is 5.91 Å². The summed E-state index contributed by atoms with van der Waals surface area (Å²) in [6.45, 7) is 2.59. The van der Waals surface area contributed by atoms with Crippen molar-refractivity contribution in [3.63, 3.8) is 0 Å². The highest BCUT2D eigenvalue weighted by atomic mass is 35.5. The van der Waals surface area contributed by atoms with Gasteiger partial charge in [0.1, 0.15) is 12.4 Å². The quantitative estimate of drug-likeness (QED) is 0.613. The summed E-state index contributed by atoms with van der Waals surface area (Å²) in [5.41, 5.74) is 0. The molecule has 2 aromatic rings. The van der Waals surface area contributed by atoms with Crippen LogP contribution >= 0.6 is 23.4 Å². The molecule has 156 valence electrons. The fourth-order valence-corrected chi connectivity index (χ4v) is 4.74. The molecule has 1 heterocycles. The number of thioether (sulfide) groups is 1. The number of ether oxygens (including phenoxy) is 1.